The second-order valence-electron chi connectivity index (χ2n) is 10.0. The average molecular weight is 541 g/mol. The Balaban J connectivity index is 1.84. The lowest BCUT2D eigenvalue weighted by atomic mass is 9.67. The van der Waals surface area contributed by atoms with Crippen LogP contribution in [0.4, 0.5) is 4.39 Å². The van der Waals surface area contributed by atoms with Crippen LogP contribution in [0.25, 0.3) is 0 Å². The monoisotopic (exact) mass is 540 g/mol. The molecule has 0 radical (unpaired) electrons. The molecule has 1 aliphatic rings. The fraction of sp³-hybridized carbons (Fsp3) is 0.345. The molecule has 1 heterocycles. The van der Waals surface area contributed by atoms with Crippen molar-refractivity contribution in [2.24, 2.45) is 5.92 Å². The first-order valence-electron chi connectivity index (χ1n) is 12.5. The van der Waals surface area contributed by atoms with E-state index in [9.17, 15) is 27.8 Å². The fourth-order valence-corrected chi connectivity index (χ4v) is 5.81. The van der Waals surface area contributed by atoms with Gasteiger partial charge in [-0.1, -0.05) is 42.5 Å². The quantitative estimate of drug-likeness (QED) is 0.417. The molecule has 9 heteroatoms. The number of halogens is 1. The summed E-state index contributed by atoms with van der Waals surface area (Å²) in [6.45, 7) is 3.02. The molecule has 3 atom stereocenters. The summed E-state index contributed by atoms with van der Waals surface area (Å²) >= 11 is 0. The third-order valence-corrected chi connectivity index (χ3v) is 8.86. The molecule has 7 nitrogen and oxygen atoms in total. The average Bonchev–Trinajstić information content (AvgIpc) is 2.88. The molecule has 0 amide bonds. The van der Waals surface area contributed by atoms with Gasteiger partial charge in [0, 0.05) is 56.5 Å². The van der Waals surface area contributed by atoms with Crippen molar-refractivity contribution >= 4 is 15.8 Å². The second kappa shape index (κ2) is 11.2. The molecule has 1 saturated heterocycles. The number of phenolic OH excluding ortho intramolecular Hbond substituents is 2. The summed E-state index contributed by atoms with van der Waals surface area (Å²) < 4.78 is 40.0. The number of nitrogens with zero attached hydrogens (tertiary/aromatic N) is 2. The zero-order valence-corrected chi connectivity index (χ0v) is 22.5. The highest BCUT2D eigenvalue weighted by atomic mass is 32.2. The van der Waals surface area contributed by atoms with Crippen molar-refractivity contribution in [3.05, 3.63) is 94.8 Å². The normalized spacial score (nSPS) is 20.5. The van der Waals surface area contributed by atoms with Crippen molar-refractivity contribution in [1.29, 1.82) is 0 Å². The van der Waals surface area contributed by atoms with E-state index in [1.165, 1.54) is 29.6 Å². The number of Topliss-reactive ketones (excluding diaryl/α,β-unsaturated/α-hetero) is 1. The van der Waals surface area contributed by atoms with Gasteiger partial charge in [0.2, 0.25) is 10.0 Å². The van der Waals surface area contributed by atoms with E-state index in [0.717, 1.165) is 6.26 Å². The standard InChI is InChI=1S/C29H33FN2O5S/c1-19-22(11-7-12-26(19)30)28-24(23-10-4-5-13-27(23)34)17-32(15-14-31(2)38(3,36)37)18-25(28)29(35)20-8-6-9-21(33)16-20/h4-13,16,24-25,28,33-34H,14-15,17-18H2,1-3H3/t24-,25+,28-/m1/s1. The molecule has 0 saturated carbocycles. The molecule has 2 N–H and O–H groups in total. The van der Waals surface area contributed by atoms with Crippen LogP contribution in [0, 0.1) is 18.7 Å². The maximum absolute atomic E-state index is 14.8. The number of phenols is 2. The number of rotatable bonds is 8. The molecule has 3 aromatic rings. The van der Waals surface area contributed by atoms with Gasteiger partial charge >= 0.3 is 0 Å². The number of carbonyl (C=O) groups excluding carboxylic acids is 1. The van der Waals surface area contributed by atoms with Crippen molar-refractivity contribution in [2.45, 2.75) is 18.8 Å². The van der Waals surface area contributed by atoms with Gasteiger partial charge < -0.3 is 15.1 Å². The smallest absolute Gasteiger partial charge is 0.210 e. The van der Waals surface area contributed by atoms with Crippen LogP contribution in [0.15, 0.2) is 66.7 Å². The van der Waals surface area contributed by atoms with Gasteiger partial charge in [-0.15, -0.1) is 0 Å². The van der Waals surface area contributed by atoms with Gasteiger partial charge in [-0.25, -0.2) is 17.1 Å². The van der Waals surface area contributed by atoms with Gasteiger partial charge in [-0.05, 0) is 47.9 Å². The molecule has 1 aliphatic heterocycles. The van der Waals surface area contributed by atoms with E-state index in [4.69, 9.17) is 0 Å². The van der Waals surface area contributed by atoms with Crippen LogP contribution in [0.5, 0.6) is 11.5 Å². The molecule has 0 spiro atoms. The Morgan fingerprint density at radius 1 is 1.03 bits per heavy atom. The Morgan fingerprint density at radius 3 is 2.39 bits per heavy atom. The summed E-state index contributed by atoms with van der Waals surface area (Å²) in [5.74, 6) is -2.06. The number of ketones is 1. The lowest BCUT2D eigenvalue weighted by Gasteiger charge is -2.44. The highest BCUT2D eigenvalue weighted by Crippen LogP contribution is 2.47. The fourth-order valence-electron chi connectivity index (χ4n) is 5.40. The number of carbonyl (C=O) groups is 1. The molecule has 4 rings (SSSR count). The summed E-state index contributed by atoms with van der Waals surface area (Å²) in [5.41, 5.74) is 2.10. The van der Waals surface area contributed by atoms with Crippen molar-refractivity contribution in [3.8, 4) is 11.5 Å². The van der Waals surface area contributed by atoms with Crippen LogP contribution in [0.1, 0.15) is 38.9 Å². The van der Waals surface area contributed by atoms with Crippen molar-refractivity contribution in [2.75, 3.05) is 39.5 Å². The SMILES string of the molecule is Cc1c(F)cccc1[C@H]1[C@@H](C(=O)c2cccc(O)c2)CN(CCN(C)S(C)(=O)=O)C[C@@H]1c1ccccc1O. The van der Waals surface area contributed by atoms with E-state index in [1.807, 2.05) is 23.1 Å². The summed E-state index contributed by atoms with van der Waals surface area (Å²) in [4.78, 5) is 16.1. The van der Waals surface area contributed by atoms with Crippen molar-refractivity contribution < 1.29 is 27.8 Å². The predicted octanol–water partition coefficient (Wildman–Crippen LogP) is 4.12. The minimum Gasteiger partial charge on any atom is -0.508 e. The van der Waals surface area contributed by atoms with E-state index >= 15 is 0 Å². The Kier molecular flexibility index (Phi) is 8.20. The van der Waals surface area contributed by atoms with E-state index < -0.39 is 21.9 Å². The van der Waals surface area contributed by atoms with Crippen LogP contribution < -0.4 is 0 Å². The number of benzene rings is 3. The topological polar surface area (TPSA) is 98.2 Å². The third-order valence-electron chi connectivity index (χ3n) is 7.55. The molecule has 0 aromatic heterocycles. The lowest BCUT2D eigenvalue weighted by molar-refractivity contribution is 0.0731. The maximum atomic E-state index is 14.8. The predicted molar refractivity (Wildman–Crippen MR) is 145 cm³/mol. The number of hydrogen-bond acceptors (Lipinski definition) is 6. The number of hydrogen-bond donors (Lipinski definition) is 2. The van der Waals surface area contributed by atoms with Gasteiger partial charge in [0.15, 0.2) is 5.78 Å². The highest BCUT2D eigenvalue weighted by molar-refractivity contribution is 7.88. The number of likely N-dealkylation sites (N-methyl/N-ethyl adjacent to an activating group) is 1. The van der Waals surface area contributed by atoms with E-state index in [2.05, 4.69) is 0 Å². The maximum Gasteiger partial charge on any atom is 0.210 e. The van der Waals surface area contributed by atoms with Crippen LogP contribution >= 0.6 is 0 Å². The largest absolute Gasteiger partial charge is 0.508 e. The molecule has 202 valence electrons. The number of sulfonamides is 1. The summed E-state index contributed by atoms with van der Waals surface area (Å²) in [6.07, 6.45) is 1.14. The molecule has 0 unspecified atom stereocenters. The van der Waals surface area contributed by atoms with Gasteiger partial charge in [0.1, 0.15) is 17.3 Å². The minimum absolute atomic E-state index is 0.0333. The summed E-state index contributed by atoms with van der Waals surface area (Å²) in [5, 5.41) is 20.9. The Bertz CT molecular complexity index is 1430. The number of likely N-dealkylation sites (tertiary alicyclic amines) is 1. The molecule has 0 bridgehead atoms. The van der Waals surface area contributed by atoms with E-state index in [-0.39, 0.29) is 35.6 Å². The van der Waals surface area contributed by atoms with Crippen LogP contribution in [0.2, 0.25) is 0 Å². The molecular weight excluding hydrogens is 507 g/mol. The molecular formula is C29H33FN2O5S. The van der Waals surface area contributed by atoms with Crippen molar-refractivity contribution in [1.82, 2.24) is 9.21 Å². The molecule has 3 aromatic carbocycles. The molecule has 38 heavy (non-hydrogen) atoms. The first kappa shape index (κ1) is 27.8. The van der Waals surface area contributed by atoms with Gasteiger partial charge in [0.05, 0.1) is 6.26 Å². The Hall–Kier alpha value is -3.27. The van der Waals surface area contributed by atoms with Gasteiger partial charge in [0.25, 0.3) is 0 Å². The Labute approximate surface area is 223 Å². The van der Waals surface area contributed by atoms with Crippen LogP contribution in [-0.2, 0) is 10.0 Å². The van der Waals surface area contributed by atoms with E-state index in [0.29, 0.717) is 41.9 Å². The summed E-state index contributed by atoms with van der Waals surface area (Å²) in [7, 11) is -1.88. The third kappa shape index (κ3) is 5.90. The highest BCUT2D eigenvalue weighted by Gasteiger charge is 2.44. The van der Waals surface area contributed by atoms with Crippen LogP contribution in [-0.4, -0.2) is 73.1 Å². The van der Waals surface area contributed by atoms with Crippen LogP contribution in [0.3, 0.4) is 0 Å². The second-order valence-corrected chi connectivity index (χ2v) is 12.1. The lowest BCUT2D eigenvalue weighted by Crippen LogP contribution is -2.49. The van der Waals surface area contributed by atoms with E-state index in [1.54, 1.807) is 37.3 Å². The molecule has 0 aliphatic carbocycles. The first-order chi connectivity index (χ1) is 18.0. The summed E-state index contributed by atoms with van der Waals surface area (Å²) in [6, 6.07) is 17.9. The first-order valence-corrected chi connectivity index (χ1v) is 14.3. The van der Waals surface area contributed by atoms with Crippen molar-refractivity contribution in [3.63, 3.8) is 0 Å². The Morgan fingerprint density at radius 2 is 1.71 bits per heavy atom. The molecule has 1 fully saturated rings. The number of para-hydroxylation sites is 1. The van der Waals surface area contributed by atoms with Gasteiger partial charge in [-0.2, -0.15) is 0 Å². The zero-order valence-electron chi connectivity index (χ0n) is 21.7. The number of aromatic hydroxyl groups is 2. The zero-order chi connectivity index (χ0) is 27.6. The van der Waals surface area contributed by atoms with Gasteiger partial charge in [-0.3, -0.25) is 4.79 Å². The minimum atomic E-state index is -3.39. The number of piperidine rings is 1.